The molecule has 0 aliphatic carbocycles. The van der Waals surface area contributed by atoms with Gasteiger partial charge >= 0.3 is 0 Å². The molecule has 2 aliphatic heterocycles. The van der Waals surface area contributed by atoms with Crippen LogP contribution in [-0.2, 0) is 14.6 Å². The van der Waals surface area contributed by atoms with E-state index in [0.717, 1.165) is 32.6 Å². The van der Waals surface area contributed by atoms with Crippen LogP contribution in [0, 0.1) is 0 Å². The standard InChI is InChI=1S/C11H21N3O3S/c15-11(9-14-5-3-12-4-6-14)13-8-10-2-1-7-18(10,16)17/h10,12H,1-9H2,(H,13,15). The van der Waals surface area contributed by atoms with Crippen LogP contribution in [-0.4, -0.2) is 69.5 Å². The molecule has 0 saturated carbocycles. The molecule has 7 heteroatoms. The van der Waals surface area contributed by atoms with Crippen LogP contribution >= 0.6 is 0 Å². The van der Waals surface area contributed by atoms with Gasteiger partial charge in [0, 0.05) is 32.7 Å². The van der Waals surface area contributed by atoms with Crippen molar-refractivity contribution < 1.29 is 13.2 Å². The molecular weight excluding hydrogens is 254 g/mol. The van der Waals surface area contributed by atoms with E-state index in [9.17, 15) is 13.2 Å². The van der Waals surface area contributed by atoms with E-state index in [4.69, 9.17) is 0 Å². The van der Waals surface area contributed by atoms with Crippen LogP contribution in [0.1, 0.15) is 12.8 Å². The largest absolute Gasteiger partial charge is 0.354 e. The Kier molecular flexibility index (Phi) is 4.58. The molecule has 2 saturated heterocycles. The van der Waals surface area contributed by atoms with Crippen molar-refractivity contribution in [3.8, 4) is 0 Å². The Hall–Kier alpha value is -0.660. The van der Waals surface area contributed by atoms with Gasteiger partial charge in [0.1, 0.15) is 0 Å². The Bertz CT molecular complexity index is 390. The van der Waals surface area contributed by atoms with Crippen LogP contribution in [0.15, 0.2) is 0 Å². The molecule has 2 N–H and O–H groups in total. The summed E-state index contributed by atoms with van der Waals surface area (Å²) in [6.07, 6.45) is 1.40. The predicted molar refractivity (Wildman–Crippen MR) is 69.1 cm³/mol. The second-order valence-corrected chi connectivity index (χ2v) is 7.36. The van der Waals surface area contributed by atoms with Crippen molar-refractivity contribution in [2.45, 2.75) is 18.1 Å². The Labute approximate surface area is 108 Å². The summed E-state index contributed by atoms with van der Waals surface area (Å²) >= 11 is 0. The zero-order valence-corrected chi connectivity index (χ0v) is 11.3. The molecule has 104 valence electrons. The quantitative estimate of drug-likeness (QED) is 0.659. The minimum atomic E-state index is -2.95. The number of amides is 1. The number of carbonyl (C=O) groups excluding carboxylic acids is 1. The molecule has 2 fully saturated rings. The third-order valence-corrected chi connectivity index (χ3v) is 5.84. The average molecular weight is 275 g/mol. The van der Waals surface area contributed by atoms with E-state index in [1.807, 2.05) is 0 Å². The number of carbonyl (C=O) groups is 1. The summed E-state index contributed by atoms with van der Waals surface area (Å²) in [5.74, 6) is 0.199. The molecule has 0 aromatic heterocycles. The smallest absolute Gasteiger partial charge is 0.234 e. The number of nitrogens with one attached hydrogen (secondary N) is 2. The fourth-order valence-corrected chi connectivity index (χ4v) is 4.21. The van der Waals surface area contributed by atoms with E-state index >= 15 is 0 Å². The van der Waals surface area contributed by atoms with Gasteiger partial charge in [0.2, 0.25) is 5.91 Å². The molecule has 18 heavy (non-hydrogen) atoms. The highest BCUT2D eigenvalue weighted by molar-refractivity contribution is 7.92. The van der Waals surface area contributed by atoms with E-state index in [0.29, 0.717) is 13.0 Å². The highest BCUT2D eigenvalue weighted by Gasteiger charge is 2.31. The maximum Gasteiger partial charge on any atom is 0.234 e. The van der Waals surface area contributed by atoms with Crippen LogP contribution in [0.2, 0.25) is 0 Å². The minimum absolute atomic E-state index is 0.0704. The molecule has 0 aromatic rings. The third kappa shape index (κ3) is 3.66. The van der Waals surface area contributed by atoms with Crippen molar-refractivity contribution in [3.05, 3.63) is 0 Å². The van der Waals surface area contributed by atoms with E-state index in [-0.39, 0.29) is 23.5 Å². The number of hydrogen-bond acceptors (Lipinski definition) is 5. The second kappa shape index (κ2) is 5.99. The highest BCUT2D eigenvalue weighted by atomic mass is 32.2. The van der Waals surface area contributed by atoms with Crippen molar-refractivity contribution in [2.75, 3.05) is 45.0 Å². The molecule has 1 unspecified atom stereocenters. The van der Waals surface area contributed by atoms with Crippen molar-refractivity contribution >= 4 is 15.7 Å². The van der Waals surface area contributed by atoms with Gasteiger partial charge in [0.15, 0.2) is 9.84 Å². The van der Waals surface area contributed by atoms with E-state index < -0.39 is 9.84 Å². The molecule has 2 heterocycles. The number of sulfone groups is 1. The van der Waals surface area contributed by atoms with Crippen molar-refractivity contribution in [1.82, 2.24) is 15.5 Å². The predicted octanol–water partition coefficient (Wildman–Crippen LogP) is -1.41. The summed E-state index contributed by atoms with van der Waals surface area (Å²) < 4.78 is 23.2. The molecule has 2 aliphatic rings. The third-order valence-electron chi connectivity index (χ3n) is 3.57. The minimum Gasteiger partial charge on any atom is -0.354 e. The molecule has 1 atom stereocenters. The molecule has 0 spiro atoms. The molecule has 0 aromatic carbocycles. The summed E-state index contributed by atoms with van der Waals surface area (Å²) in [6.45, 7) is 4.20. The Morgan fingerprint density at radius 3 is 2.67 bits per heavy atom. The maximum absolute atomic E-state index is 11.7. The SMILES string of the molecule is O=C(CN1CCNCC1)NCC1CCCS1(=O)=O. The van der Waals surface area contributed by atoms with Gasteiger partial charge in [-0.05, 0) is 12.8 Å². The van der Waals surface area contributed by atoms with Gasteiger partial charge in [-0.3, -0.25) is 9.69 Å². The lowest BCUT2D eigenvalue weighted by atomic mass is 10.2. The van der Waals surface area contributed by atoms with Crippen LogP contribution in [0.25, 0.3) is 0 Å². The number of hydrogen-bond donors (Lipinski definition) is 2. The molecule has 1 amide bonds. The lowest BCUT2D eigenvalue weighted by Gasteiger charge is -2.26. The first-order valence-corrected chi connectivity index (χ1v) is 8.21. The van der Waals surface area contributed by atoms with E-state index in [1.165, 1.54) is 0 Å². The van der Waals surface area contributed by atoms with Gasteiger partial charge in [0.25, 0.3) is 0 Å². The Morgan fingerprint density at radius 2 is 2.06 bits per heavy atom. The monoisotopic (exact) mass is 275 g/mol. The number of piperazine rings is 1. The summed E-state index contributed by atoms with van der Waals surface area (Å²) in [4.78, 5) is 13.8. The van der Waals surface area contributed by atoms with Crippen molar-refractivity contribution in [3.63, 3.8) is 0 Å². The van der Waals surface area contributed by atoms with Crippen LogP contribution in [0.4, 0.5) is 0 Å². The van der Waals surface area contributed by atoms with E-state index in [1.54, 1.807) is 0 Å². The van der Waals surface area contributed by atoms with Crippen LogP contribution in [0.3, 0.4) is 0 Å². The number of rotatable bonds is 4. The van der Waals surface area contributed by atoms with Crippen molar-refractivity contribution in [2.24, 2.45) is 0 Å². The number of nitrogens with zero attached hydrogens (tertiary/aromatic N) is 1. The molecular formula is C11H21N3O3S. The normalized spacial score (nSPS) is 28.1. The van der Waals surface area contributed by atoms with Gasteiger partial charge in [-0.15, -0.1) is 0 Å². The zero-order valence-electron chi connectivity index (χ0n) is 10.5. The van der Waals surface area contributed by atoms with Crippen LogP contribution < -0.4 is 10.6 Å². The lowest BCUT2D eigenvalue weighted by Crippen LogP contribution is -2.48. The average Bonchev–Trinajstić information content (AvgIpc) is 2.67. The van der Waals surface area contributed by atoms with Gasteiger partial charge in [-0.2, -0.15) is 0 Å². The van der Waals surface area contributed by atoms with Crippen molar-refractivity contribution in [1.29, 1.82) is 0 Å². The fraction of sp³-hybridized carbons (Fsp3) is 0.909. The van der Waals surface area contributed by atoms with Crippen LogP contribution in [0.5, 0.6) is 0 Å². The van der Waals surface area contributed by atoms with Gasteiger partial charge < -0.3 is 10.6 Å². The second-order valence-electron chi connectivity index (χ2n) is 4.96. The highest BCUT2D eigenvalue weighted by Crippen LogP contribution is 2.18. The Morgan fingerprint density at radius 1 is 1.33 bits per heavy atom. The molecule has 2 rings (SSSR count). The molecule has 6 nitrogen and oxygen atoms in total. The zero-order chi connectivity index (χ0) is 13.0. The maximum atomic E-state index is 11.7. The first-order valence-electron chi connectivity index (χ1n) is 6.49. The first kappa shape index (κ1) is 13.8. The van der Waals surface area contributed by atoms with Gasteiger partial charge in [-0.25, -0.2) is 8.42 Å². The lowest BCUT2D eigenvalue weighted by molar-refractivity contribution is -0.122. The first-order chi connectivity index (χ1) is 8.58. The van der Waals surface area contributed by atoms with Gasteiger partial charge in [-0.1, -0.05) is 0 Å². The molecule has 0 radical (unpaired) electrons. The molecule has 0 bridgehead atoms. The summed E-state index contributed by atoms with van der Waals surface area (Å²) in [6, 6.07) is 0. The fourth-order valence-electron chi connectivity index (χ4n) is 2.44. The van der Waals surface area contributed by atoms with E-state index in [2.05, 4.69) is 15.5 Å². The summed E-state index contributed by atoms with van der Waals surface area (Å²) in [7, 11) is -2.95. The summed E-state index contributed by atoms with van der Waals surface area (Å²) in [5, 5.41) is 5.60. The Balaban J connectivity index is 1.71. The summed E-state index contributed by atoms with van der Waals surface area (Å²) in [5.41, 5.74) is 0. The topological polar surface area (TPSA) is 78.5 Å². The van der Waals surface area contributed by atoms with Gasteiger partial charge in [0.05, 0.1) is 17.5 Å².